The number of carbonyl (C=O) groups excluding carboxylic acids is 1. The molecular weight excluding hydrogens is 343 g/mol. The average Bonchev–Trinajstić information content (AvgIpc) is 3.13. The lowest BCUT2D eigenvalue weighted by Crippen LogP contribution is -2.34. The van der Waals surface area contributed by atoms with Crippen LogP contribution in [0.1, 0.15) is 10.9 Å². The topological polar surface area (TPSA) is 50.8 Å². The third kappa shape index (κ3) is 3.82. The van der Waals surface area contributed by atoms with E-state index in [1.54, 1.807) is 55.1 Å². The molecule has 2 aromatic carbocycles. The normalized spacial score (nSPS) is 16.6. The fraction of sp³-hybridized carbons (Fsp3) is 0.278. The van der Waals surface area contributed by atoms with Crippen molar-refractivity contribution < 1.29 is 18.7 Å². The van der Waals surface area contributed by atoms with Gasteiger partial charge in [0.05, 0.1) is 19.9 Å². The van der Waals surface area contributed by atoms with Gasteiger partial charge in [-0.1, -0.05) is 12.1 Å². The Balaban J connectivity index is 1.83. The minimum atomic E-state index is -0.456. The molecule has 0 radical (unpaired) electrons. The van der Waals surface area contributed by atoms with Gasteiger partial charge in [-0.2, -0.15) is 0 Å². The summed E-state index contributed by atoms with van der Waals surface area (Å²) >= 11 is 1.65. The molecule has 1 aliphatic rings. The predicted octanol–water partition coefficient (Wildman–Crippen LogP) is 4.12. The molecule has 3 rings (SSSR count). The number of benzene rings is 2. The number of urea groups is 1. The van der Waals surface area contributed by atoms with E-state index in [0.29, 0.717) is 18.0 Å². The third-order valence-corrected chi connectivity index (χ3v) is 5.19. The number of ether oxygens (including phenoxy) is 2. The molecule has 1 saturated heterocycles. The Labute approximate surface area is 150 Å². The number of methoxy groups -OCH3 is 2. The number of nitrogens with one attached hydrogen (secondary N) is 1. The van der Waals surface area contributed by atoms with Crippen molar-refractivity contribution in [2.45, 2.75) is 5.37 Å². The van der Waals surface area contributed by atoms with Crippen molar-refractivity contribution in [3.05, 3.63) is 53.8 Å². The molecule has 0 spiro atoms. The minimum absolute atomic E-state index is 0.173. The highest BCUT2D eigenvalue weighted by atomic mass is 32.2. The fourth-order valence-corrected chi connectivity index (χ4v) is 3.91. The predicted molar refractivity (Wildman–Crippen MR) is 96.9 cm³/mol. The molecule has 0 aromatic heterocycles. The van der Waals surface area contributed by atoms with Crippen LogP contribution in [0, 0.1) is 5.82 Å². The van der Waals surface area contributed by atoms with E-state index in [9.17, 15) is 9.18 Å². The van der Waals surface area contributed by atoms with Gasteiger partial charge in [0.2, 0.25) is 0 Å². The van der Waals surface area contributed by atoms with Gasteiger partial charge in [-0.25, -0.2) is 9.18 Å². The van der Waals surface area contributed by atoms with Crippen molar-refractivity contribution in [3.8, 4) is 11.5 Å². The molecule has 0 saturated carbocycles. The average molecular weight is 362 g/mol. The molecule has 25 heavy (non-hydrogen) atoms. The number of anilines is 1. The molecule has 1 atom stereocenters. The zero-order valence-corrected chi connectivity index (χ0v) is 14.8. The van der Waals surface area contributed by atoms with Crippen LogP contribution in [0.4, 0.5) is 14.9 Å². The van der Waals surface area contributed by atoms with E-state index in [-0.39, 0.29) is 17.1 Å². The maximum absolute atomic E-state index is 13.8. The minimum Gasteiger partial charge on any atom is -0.497 e. The molecule has 132 valence electrons. The van der Waals surface area contributed by atoms with Crippen molar-refractivity contribution in [1.82, 2.24) is 4.90 Å². The largest absolute Gasteiger partial charge is 0.497 e. The number of nitrogens with zero attached hydrogens (tertiary/aromatic N) is 1. The Bertz CT molecular complexity index is 749. The second-order valence-electron chi connectivity index (χ2n) is 5.47. The number of hydrogen-bond acceptors (Lipinski definition) is 4. The van der Waals surface area contributed by atoms with Gasteiger partial charge in [0.25, 0.3) is 0 Å². The van der Waals surface area contributed by atoms with Crippen LogP contribution in [0.25, 0.3) is 0 Å². The van der Waals surface area contributed by atoms with Crippen molar-refractivity contribution in [3.63, 3.8) is 0 Å². The van der Waals surface area contributed by atoms with Crippen molar-refractivity contribution in [2.24, 2.45) is 0 Å². The molecule has 1 aliphatic heterocycles. The molecule has 2 aromatic rings. The summed E-state index contributed by atoms with van der Waals surface area (Å²) in [6.45, 7) is 0.579. The molecule has 5 nitrogen and oxygen atoms in total. The van der Waals surface area contributed by atoms with E-state index >= 15 is 0 Å². The summed E-state index contributed by atoms with van der Waals surface area (Å²) in [6.07, 6.45) is 0. The van der Waals surface area contributed by atoms with Crippen molar-refractivity contribution in [1.29, 1.82) is 0 Å². The van der Waals surface area contributed by atoms with Crippen LogP contribution >= 0.6 is 11.8 Å². The lowest BCUT2D eigenvalue weighted by molar-refractivity contribution is 0.214. The number of halogens is 1. The number of thioether (sulfide) groups is 1. The van der Waals surface area contributed by atoms with Crippen LogP contribution < -0.4 is 14.8 Å². The SMILES string of the molecule is COc1cc(OC)cc(C2SCCN2C(=O)Nc2ccccc2F)c1. The van der Waals surface area contributed by atoms with Crippen LogP contribution in [-0.2, 0) is 0 Å². The smallest absolute Gasteiger partial charge is 0.323 e. The first-order chi connectivity index (χ1) is 12.1. The Kier molecular flexibility index (Phi) is 5.33. The molecule has 7 heteroatoms. The highest BCUT2D eigenvalue weighted by molar-refractivity contribution is 7.99. The van der Waals surface area contributed by atoms with E-state index in [2.05, 4.69) is 5.32 Å². The van der Waals surface area contributed by atoms with Gasteiger partial charge in [0.1, 0.15) is 22.7 Å². The van der Waals surface area contributed by atoms with Gasteiger partial charge < -0.3 is 19.7 Å². The Hall–Kier alpha value is -2.41. The number of carbonyl (C=O) groups is 1. The quantitative estimate of drug-likeness (QED) is 0.889. The molecule has 1 heterocycles. The zero-order valence-electron chi connectivity index (χ0n) is 14.0. The second-order valence-corrected chi connectivity index (χ2v) is 6.66. The van der Waals surface area contributed by atoms with Gasteiger partial charge in [0.15, 0.2) is 0 Å². The first kappa shape index (κ1) is 17.4. The molecular formula is C18H19FN2O3S. The first-order valence-electron chi connectivity index (χ1n) is 7.79. The summed E-state index contributed by atoms with van der Waals surface area (Å²) in [7, 11) is 3.17. The van der Waals surface area contributed by atoms with Crippen LogP contribution in [-0.4, -0.2) is 37.4 Å². The number of amides is 2. The lowest BCUT2D eigenvalue weighted by atomic mass is 10.2. The van der Waals surface area contributed by atoms with E-state index in [4.69, 9.17) is 9.47 Å². The second kappa shape index (κ2) is 7.65. The highest BCUT2D eigenvalue weighted by Gasteiger charge is 2.31. The maximum atomic E-state index is 13.8. The van der Waals surface area contributed by atoms with E-state index in [0.717, 1.165) is 11.3 Å². The zero-order chi connectivity index (χ0) is 17.8. The summed E-state index contributed by atoms with van der Waals surface area (Å²) in [5.41, 5.74) is 1.08. The Morgan fingerprint density at radius 3 is 2.52 bits per heavy atom. The maximum Gasteiger partial charge on any atom is 0.323 e. The standard InChI is InChI=1S/C18H19FN2O3S/c1-23-13-9-12(10-14(11-13)24-2)17-21(7-8-25-17)18(22)20-16-6-4-3-5-15(16)19/h3-6,9-11,17H,7-8H2,1-2H3,(H,20,22). The van der Waals surface area contributed by atoms with Gasteiger partial charge in [-0.05, 0) is 29.8 Å². The summed E-state index contributed by atoms with van der Waals surface area (Å²) in [5, 5.41) is 2.46. The number of rotatable bonds is 4. The van der Waals surface area contributed by atoms with E-state index < -0.39 is 5.82 Å². The van der Waals surface area contributed by atoms with Gasteiger partial charge >= 0.3 is 6.03 Å². The third-order valence-electron chi connectivity index (χ3n) is 3.93. The summed E-state index contributed by atoms with van der Waals surface area (Å²) < 4.78 is 24.4. The van der Waals surface area contributed by atoms with Crippen LogP contribution in [0.15, 0.2) is 42.5 Å². The summed E-state index contributed by atoms with van der Waals surface area (Å²) in [5.74, 6) is 1.67. The fourth-order valence-electron chi connectivity index (χ4n) is 2.68. The highest BCUT2D eigenvalue weighted by Crippen LogP contribution is 2.40. The molecule has 1 N–H and O–H groups in total. The van der Waals surface area contributed by atoms with Crippen molar-refractivity contribution >= 4 is 23.5 Å². The molecule has 1 unspecified atom stereocenters. The van der Waals surface area contributed by atoms with Crippen LogP contribution in [0.5, 0.6) is 11.5 Å². The number of hydrogen-bond donors (Lipinski definition) is 1. The molecule has 0 bridgehead atoms. The van der Waals surface area contributed by atoms with Crippen LogP contribution in [0.2, 0.25) is 0 Å². The monoisotopic (exact) mass is 362 g/mol. The molecule has 0 aliphatic carbocycles. The first-order valence-corrected chi connectivity index (χ1v) is 8.84. The lowest BCUT2D eigenvalue weighted by Gasteiger charge is -2.25. The molecule has 1 fully saturated rings. The number of para-hydroxylation sites is 1. The van der Waals surface area contributed by atoms with E-state index in [1.165, 1.54) is 6.07 Å². The van der Waals surface area contributed by atoms with E-state index in [1.807, 2.05) is 12.1 Å². The Morgan fingerprint density at radius 1 is 1.20 bits per heavy atom. The molecule has 2 amide bonds. The Morgan fingerprint density at radius 2 is 1.88 bits per heavy atom. The van der Waals surface area contributed by atoms with Gasteiger partial charge in [0, 0.05) is 18.4 Å². The van der Waals surface area contributed by atoms with Gasteiger partial charge in [-0.15, -0.1) is 11.8 Å². The summed E-state index contributed by atoms with van der Waals surface area (Å²) in [4.78, 5) is 14.3. The van der Waals surface area contributed by atoms with Crippen molar-refractivity contribution in [2.75, 3.05) is 31.8 Å². The van der Waals surface area contributed by atoms with Gasteiger partial charge in [-0.3, -0.25) is 0 Å². The van der Waals surface area contributed by atoms with Crippen LogP contribution in [0.3, 0.4) is 0 Å². The summed E-state index contributed by atoms with van der Waals surface area (Å²) in [6, 6.07) is 11.3.